The summed E-state index contributed by atoms with van der Waals surface area (Å²) in [6, 6.07) is 15.5. The molecule has 3 aromatic rings. The molecule has 0 radical (unpaired) electrons. The van der Waals surface area contributed by atoms with Gasteiger partial charge in [0.2, 0.25) is 5.91 Å². The second kappa shape index (κ2) is 10.2. The van der Waals surface area contributed by atoms with Crippen molar-refractivity contribution >= 4 is 40.9 Å². The van der Waals surface area contributed by atoms with Crippen LogP contribution in [0.2, 0.25) is 0 Å². The number of nitrogens with one attached hydrogen (secondary N) is 2. The summed E-state index contributed by atoms with van der Waals surface area (Å²) in [7, 11) is 0. The molecule has 0 fully saturated rings. The number of hydrogen-bond acceptors (Lipinski definition) is 5. The fourth-order valence-electron chi connectivity index (χ4n) is 3.82. The van der Waals surface area contributed by atoms with Gasteiger partial charge in [-0.25, -0.2) is 0 Å². The van der Waals surface area contributed by atoms with E-state index in [9.17, 15) is 14.4 Å². The number of rotatable bonds is 7. The molecule has 0 saturated carbocycles. The van der Waals surface area contributed by atoms with Gasteiger partial charge in [-0.2, -0.15) is 0 Å². The molecule has 34 heavy (non-hydrogen) atoms. The average molecular weight is 478 g/mol. The fraction of sp³-hybridized carbons (Fsp3) is 0.269. The number of hydrogen-bond donors (Lipinski definition) is 2. The van der Waals surface area contributed by atoms with Crippen LogP contribution in [0.4, 0.5) is 11.4 Å². The molecule has 2 N–H and O–H groups in total. The zero-order chi connectivity index (χ0) is 24.2. The van der Waals surface area contributed by atoms with E-state index in [1.165, 1.54) is 18.0 Å². The summed E-state index contributed by atoms with van der Waals surface area (Å²) in [5.74, 6) is -0.782. The van der Waals surface area contributed by atoms with Crippen LogP contribution in [0.5, 0.6) is 0 Å². The van der Waals surface area contributed by atoms with Crippen LogP contribution >= 0.6 is 11.8 Å². The molecule has 2 heterocycles. The van der Waals surface area contributed by atoms with Gasteiger partial charge >= 0.3 is 0 Å². The number of benzene rings is 2. The van der Waals surface area contributed by atoms with Gasteiger partial charge < -0.3 is 20.0 Å². The van der Waals surface area contributed by atoms with Crippen LogP contribution in [0.1, 0.15) is 48.1 Å². The summed E-state index contributed by atoms with van der Waals surface area (Å²) in [4.78, 5) is 42.3. The Morgan fingerprint density at radius 3 is 2.56 bits per heavy atom. The topological polar surface area (TPSA) is 91.7 Å². The van der Waals surface area contributed by atoms with Crippen LogP contribution in [0.15, 0.2) is 75.1 Å². The van der Waals surface area contributed by atoms with Crippen LogP contribution in [0, 0.1) is 5.92 Å². The summed E-state index contributed by atoms with van der Waals surface area (Å²) < 4.78 is 5.14. The van der Waals surface area contributed by atoms with E-state index >= 15 is 0 Å². The first-order valence-electron chi connectivity index (χ1n) is 11.3. The largest absolute Gasteiger partial charge is 0.459 e. The predicted molar refractivity (Wildman–Crippen MR) is 132 cm³/mol. The van der Waals surface area contributed by atoms with Crippen molar-refractivity contribution in [1.82, 2.24) is 5.32 Å². The molecule has 1 aliphatic rings. The maximum atomic E-state index is 13.2. The lowest BCUT2D eigenvalue weighted by Gasteiger charge is -2.24. The molecule has 4 rings (SSSR count). The number of fused-ring (bicyclic) bond motifs is 2. The molecule has 176 valence electrons. The molecule has 8 heteroatoms. The van der Waals surface area contributed by atoms with E-state index in [1.807, 2.05) is 57.2 Å². The van der Waals surface area contributed by atoms with Crippen LogP contribution in [-0.4, -0.2) is 30.3 Å². The normalized spacial score (nSPS) is 13.6. The third kappa shape index (κ3) is 4.87. The number of amides is 3. The first-order valence-corrected chi connectivity index (χ1v) is 12.1. The second-order valence-electron chi connectivity index (χ2n) is 8.40. The highest BCUT2D eigenvalue weighted by Gasteiger charge is 2.28. The summed E-state index contributed by atoms with van der Waals surface area (Å²) in [6.45, 7) is 6.37. The number of carbonyl (C=O) groups is 3. The van der Waals surface area contributed by atoms with E-state index < -0.39 is 11.9 Å². The minimum atomic E-state index is -0.747. The van der Waals surface area contributed by atoms with Gasteiger partial charge in [0.1, 0.15) is 6.04 Å². The summed E-state index contributed by atoms with van der Waals surface area (Å²) in [5, 5.41) is 5.68. The summed E-state index contributed by atoms with van der Waals surface area (Å²) in [6.07, 6.45) is 2.24. The number of anilines is 2. The molecule has 0 spiro atoms. The van der Waals surface area contributed by atoms with Crippen LogP contribution in [0.25, 0.3) is 0 Å². The van der Waals surface area contributed by atoms with Crippen molar-refractivity contribution in [1.29, 1.82) is 0 Å². The highest BCUT2D eigenvalue weighted by molar-refractivity contribution is 7.99. The minimum Gasteiger partial charge on any atom is -0.459 e. The Balaban J connectivity index is 1.59. The van der Waals surface area contributed by atoms with Gasteiger partial charge in [0.25, 0.3) is 11.8 Å². The lowest BCUT2D eigenvalue weighted by molar-refractivity contribution is -0.118. The molecular formula is C26H27N3O4S. The molecule has 0 saturated heterocycles. The summed E-state index contributed by atoms with van der Waals surface area (Å²) in [5.41, 5.74) is 2.08. The van der Waals surface area contributed by atoms with Gasteiger partial charge in [-0.1, -0.05) is 44.7 Å². The maximum absolute atomic E-state index is 13.2. The van der Waals surface area contributed by atoms with E-state index in [0.717, 1.165) is 21.9 Å². The van der Waals surface area contributed by atoms with Gasteiger partial charge in [-0.05, 0) is 54.8 Å². The van der Waals surface area contributed by atoms with Crippen molar-refractivity contribution in [2.75, 3.05) is 16.8 Å². The highest BCUT2D eigenvalue weighted by Crippen LogP contribution is 2.42. The number of nitrogens with zero attached hydrogens (tertiary/aromatic N) is 1. The van der Waals surface area contributed by atoms with E-state index in [4.69, 9.17) is 4.42 Å². The van der Waals surface area contributed by atoms with Crippen LogP contribution in [0.3, 0.4) is 0 Å². The fourth-order valence-corrected chi connectivity index (χ4v) is 4.94. The smallest absolute Gasteiger partial charge is 0.287 e. The van der Waals surface area contributed by atoms with Crippen molar-refractivity contribution < 1.29 is 18.8 Å². The first kappa shape index (κ1) is 23.6. The van der Waals surface area contributed by atoms with Gasteiger partial charge in [0.15, 0.2) is 5.76 Å². The van der Waals surface area contributed by atoms with Gasteiger partial charge in [-0.15, -0.1) is 0 Å². The van der Waals surface area contributed by atoms with E-state index in [1.54, 1.807) is 23.1 Å². The number of furan rings is 1. The second-order valence-corrected chi connectivity index (χ2v) is 9.48. The lowest BCUT2D eigenvalue weighted by Crippen LogP contribution is -2.47. The third-order valence-electron chi connectivity index (χ3n) is 5.53. The van der Waals surface area contributed by atoms with E-state index in [-0.39, 0.29) is 23.5 Å². The lowest BCUT2D eigenvalue weighted by atomic mass is 10.0. The molecule has 7 nitrogen and oxygen atoms in total. The molecule has 0 unspecified atom stereocenters. The van der Waals surface area contributed by atoms with Crippen molar-refractivity contribution in [3.05, 3.63) is 72.2 Å². The van der Waals surface area contributed by atoms with Gasteiger partial charge in [0, 0.05) is 22.0 Å². The Kier molecular flexibility index (Phi) is 7.07. The van der Waals surface area contributed by atoms with Crippen LogP contribution in [-0.2, 0) is 4.79 Å². The Morgan fingerprint density at radius 2 is 1.85 bits per heavy atom. The molecule has 1 atom stereocenters. The zero-order valence-corrected chi connectivity index (χ0v) is 20.1. The monoisotopic (exact) mass is 477 g/mol. The van der Waals surface area contributed by atoms with Gasteiger partial charge in [0.05, 0.1) is 17.5 Å². The van der Waals surface area contributed by atoms with Crippen molar-refractivity contribution in [2.45, 2.75) is 43.0 Å². The molecule has 1 aliphatic heterocycles. The van der Waals surface area contributed by atoms with E-state index in [2.05, 4.69) is 10.6 Å². The summed E-state index contributed by atoms with van der Waals surface area (Å²) >= 11 is 1.51. The predicted octanol–water partition coefficient (Wildman–Crippen LogP) is 5.19. The highest BCUT2D eigenvalue weighted by atomic mass is 32.2. The molecule has 2 aromatic carbocycles. The number of carbonyl (C=O) groups excluding carboxylic acids is 3. The zero-order valence-electron chi connectivity index (χ0n) is 19.3. The average Bonchev–Trinajstić information content (AvgIpc) is 3.33. The van der Waals surface area contributed by atoms with Gasteiger partial charge in [-0.3, -0.25) is 14.4 Å². The standard InChI is InChI=1S/C26H27N3O4S/c1-4-13-29-19-12-11-17(15-22(19)34-21-10-6-5-8-18(21)26(29)32)27-25(31)23(16(2)3)28-24(30)20-9-7-14-33-20/h5-12,14-16,23H,4,13H2,1-3H3,(H,27,31)(H,28,30)/t23-/m1/s1. The minimum absolute atomic E-state index is 0.0269. The SMILES string of the molecule is CCCN1C(=O)c2ccccc2Sc2cc(NC(=O)[C@H](NC(=O)c3ccco3)C(C)C)ccc21. The molecule has 1 aromatic heterocycles. The van der Waals surface area contributed by atoms with E-state index in [0.29, 0.717) is 17.8 Å². The maximum Gasteiger partial charge on any atom is 0.287 e. The molecule has 0 bridgehead atoms. The Morgan fingerprint density at radius 1 is 1.06 bits per heavy atom. The molecular weight excluding hydrogens is 450 g/mol. The first-order chi connectivity index (χ1) is 16.4. The van der Waals surface area contributed by atoms with Crippen LogP contribution < -0.4 is 15.5 Å². The van der Waals surface area contributed by atoms with Crippen molar-refractivity contribution in [3.63, 3.8) is 0 Å². The third-order valence-corrected chi connectivity index (χ3v) is 6.65. The molecule has 0 aliphatic carbocycles. The Hall–Kier alpha value is -3.52. The quantitative estimate of drug-likeness (QED) is 0.488. The van der Waals surface area contributed by atoms with Crippen molar-refractivity contribution in [3.8, 4) is 0 Å². The Bertz CT molecular complexity index is 1210. The molecule has 3 amide bonds. The Labute approximate surface area is 202 Å². The van der Waals surface area contributed by atoms with Crippen molar-refractivity contribution in [2.24, 2.45) is 5.92 Å².